The van der Waals surface area contributed by atoms with Crippen molar-refractivity contribution in [3.63, 3.8) is 0 Å². The molecule has 0 aliphatic heterocycles. The van der Waals surface area contributed by atoms with E-state index in [1.54, 1.807) is 25.4 Å². The Morgan fingerprint density at radius 1 is 1.32 bits per heavy atom. The second-order valence-corrected chi connectivity index (χ2v) is 5.25. The van der Waals surface area contributed by atoms with Crippen LogP contribution in [0.1, 0.15) is 18.5 Å². The molecule has 1 aromatic carbocycles. The number of rotatable bonds is 3. The average Bonchev–Trinajstić information content (AvgIpc) is 2.33. The third-order valence-corrected chi connectivity index (χ3v) is 3.58. The van der Waals surface area contributed by atoms with Crippen LogP contribution in [0, 0.1) is 5.82 Å². The lowest BCUT2D eigenvalue weighted by molar-refractivity contribution is 0.625. The van der Waals surface area contributed by atoms with Crippen LogP contribution in [0.15, 0.2) is 45.8 Å². The summed E-state index contributed by atoms with van der Waals surface area (Å²) < 4.78 is 15.3. The van der Waals surface area contributed by atoms with Crippen LogP contribution in [0.3, 0.4) is 0 Å². The van der Waals surface area contributed by atoms with Gasteiger partial charge in [0.1, 0.15) is 5.82 Å². The zero-order chi connectivity index (χ0) is 14.0. The minimum atomic E-state index is -0.273. The van der Waals surface area contributed by atoms with Crippen LogP contribution in [0.5, 0.6) is 0 Å². The van der Waals surface area contributed by atoms with Crippen LogP contribution in [0.2, 0.25) is 0 Å². The predicted molar refractivity (Wildman–Crippen MR) is 77.8 cm³/mol. The maximum Gasteiger partial charge on any atom is 0.250 e. The first-order valence-corrected chi connectivity index (χ1v) is 6.65. The van der Waals surface area contributed by atoms with E-state index in [0.29, 0.717) is 0 Å². The van der Waals surface area contributed by atoms with Crippen molar-refractivity contribution in [2.24, 2.45) is 7.05 Å². The minimum absolute atomic E-state index is 0.00697. The van der Waals surface area contributed by atoms with E-state index in [9.17, 15) is 9.18 Å². The van der Waals surface area contributed by atoms with Gasteiger partial charge in [-0.2, -0.15) is 0 Å². The standard InChI is InChI=1S/C14H14BrFN2O/c1-9(12-5-3-10(16)7-13(12)15)17-11-4-6-14(19)18(2)8-11/h3-9,17H,1-2H3. The average molecular weight is 325 g/mol. The summed E-state index contributed by atoms with van der Waals surface area (Å²) in [5.74, 6) is -0.273. The molecular formula is C14H14BrFN2O. The molecule has 100 valence electrons. The molecule has 0 fully saturated rings. The molecule has 1 unspecified atom stereocenters. The van der Waals surface area contributed by atoms with Gasteiger partial charge >= 0.3 is 0 Å². The van der Waals surface area contributed by atoms with Crippen molar-refractivity contribution >= 4 is 21.6 Å². The van der Waals surface area contributed by atoms with Gasteiger partial charge in [0.2, 0.25) is 5.56 Å². The summed E-state index contributed by atoms with van der Waals surface area (Å²) in [5, 5.41) is 3.27. The maximum absolute atomic E-state index is 13.0. The molecule has 1 aromatic heterocycles. The molecule has 19 heavy (non-hydrogen) atoms. The highest BCUT2D eigenvalue weighted by Gasteiger charge is 2.10. The van der Waals surface area contributed by atoms with Crippen molar-refractivity contribution in [3.05, 3.63) is 62.7 Å². The third-order valence-electron chi connectivity index (χ3n) is 2.90. The van der Waals surface area contributed by atoms with Gasteiger partial charge in [-0.05, 0) is 30.7 Å². The summed E-state index contributed by atoms with van der Waals surface area (Å²) in [6, 6.07) is 7.84. The highest BCUT2D eigenvalue weighted by Crippen LogP contribution is 2.26. The minimum Gasteiger partial charge on any atom is -0.377 e. The summed E-state index contributed by atoms with van der Waals surface area (Å²) in [4.78, 5) is 11.3. The topological polar surface area (TPSA) is 34.0 Å². The molecule has 5 heteroatoms. The van der Waals surface area contributed by atoms with Crippen LogP contribution in [0.4, 0.5) is 10.1 Å². The Morgan fingerprint density at radius 3 is 2.68 bits per heavy atom. The Labute approximate surface area is 119 Å². The van der Waals surface area contributed by atoms with Gasteiger partial charge in [0.25, 0.3) is 0 Å². The normalized spacial score (nSPS) is 12.2. The molecule has 0 aliphatic rings. The van der Waals surface area contributed by atoms with E-state index < -0.39 is 0 Å². The first-order valence-electron chi connectivity index (χ1n) is 5.85. The van der Waals surface area contributed by atoms with Gasteiger partial charge in [0.05, 0.1) is 5.69 Å². The molecule has 0 saturated heterocycles. The highest BCUT2D eigenvalue weighted by molar-refractivity contribution is 9.10. The molecule has 1 N–H and O–H groups in total. The second-order valence-electron chi connectivity index (χ2n) is 4.40. The Kier molecular flexibility index (Phi) is 4.04. The molecule has 2 aromatic rings. The van der Waals surface area contributed by atoms with Crippen molar-refractivity contribution in [2.75, 3.05) is 5.32 Å². The first kappa shape index (κ1) is 13.8. The number of pyridine rings is 1. The van der Waals surface area contributed by atoms with Crippen molar-refractivity contribution < 1.29 is 4.39 Å². The van der Waals surface area contributed by atoms with Gasteiger partial charge in [-0.1, -0.05) is 22.0 Å². The van der Waals surface area contributed by atoms with Crippen molar-refractivity contribution in [1.29, 1.82) is 0 Å². The Morgan fingerprint density at radius 2 is 2.05 bits per heavy atom. The zero-order valence-corrected chi connectivity index (χ0v) is 12.2. The Balaban J connectivity index is 2.22. The van der Waals surface area contributed by atoms with Crippen molar-refractivity contribution in [3.8, 4) is 0 Å². The second kappa shape index (κ2) is 5.57. The fraction of sp³-hybridized carbons (Fsp3) is 0.214. The summed E-state index contributed by atoms with van der Waals surface area (Å²) in [7, 11) is 1.70. The van der Waals surface area contributed by atoms with E-state index in [1.807, 2.05) is 6.92 Å². The molecule has 0 aliphatic carbocycles. The van der Waals surface area contributed by atoms with Crippen LogP contribution < -0.4 is 10.9 Å². The number of hydrogen-bond acceptors (Lipinski definition) is 2. The van der Waals surface area contributed by atoms with E-state index in [2.05, 4.69) is 21.2 Å². The van der Waals surface area contributed by atoms with Crippen LogP contribution in [-0.2, 0) is 7.05 Å². The van der Waals surface area contributed by atoms with Gasteiger partial charge in [-0.3, -0.25) is 4.79 Å². The van der Waals surface area contributed by atoms with Gasteiger partial charge < -0.3 is 9.88 Å². The molecule has 0 saturated carbocycles. The third kappa shape index (κ3) is 3.23. The number of anilines is 1. The Bertz CT molecular complexity index is 654. The van der Waals surface area contributed by atoms with E-state index in [-0.39, 0.29) is 17.4 Å². The lowest BCUT2D eigenvalue weighted by Crippen LogP contribution is -2.16. The summed E-state index contributed by atoms with van der Waals surface area (Å²) in [5.41, 5.74) is 1.74. The lowest BCUT2D eigenvalue weighted by atomic mass is 10.1. The quantitative estimate of drug-likeness (QED) is 0.938. The number of aromatic nitrogens is 1. The molecule has 3 nitrogen and oxygen atoms in total. The number of aryl methyl sites for hydroxylation is 1. The molecule has 0 amide bonds. The molecule has 0 spiro atoms. The van der Waals surface area contributed by atoms with Gasteiger partial charge in [0.15, 0.2) is 0 Å². The number of benzene rings is 1. The number of nitrogens with zero attached hydrogens (tertiary/aromatic N) is 1. The first-order chi connectivity index (χ1) is 8.97. The van der Waals surface area contributed by atoms with Gasteiger partial charge in [-0.25, -0.2) is 4.39 Å². The number of halogens is 2. The molecule has 2 rings (SSSR count). The Hall–Kier alpha value is -1.62. The van der Waals surface area contributed by atoms with Crippen LogP contribution in [-0.4, -0.2) is 4.57 Å². The molecule has 0 radical (unpaired) electrons. The number of nitrogens with one attached hydrogen (secondary N) is 1. The number of hydrogen-bond donors (Lipinski definition) is 1. The SMILES string of the molecule is CC(Nc1ccc(=O)n(C)c1)c1ccc(F)cc1Br. The smallest absolute Gasteiger partial charge is 0.250 e. The summed E-state index contributed by atoms with van der Waals surface area (Å²) in [6.45, 7) is 1.98. The highest BCUT2D eigenvalue weighted by atomic mass is 79.9. The van der Waals surface area contributed by atoms with E-state index >= 15 is 0 Å². The van der Waals surface area contributed by atoms with E-state index in [0.717, 1.165) is 15.7 Å². The summed E-state index contributed by atoms with van der Waals surface area (Å²) in [6.07, 6.45) is 1.73. The summed E-state index contributed by atoms with van der Waals surface area (Å²) >= 11 is 3.35. The zero-order valence-electron chi connectivity index (χ0n) is 10.7. The fourth-order valence-electron chi connectivity index (χ4n) is 1.86. The van der Waals surface area contributed by atoms with Crippen LogP contribution >= 0.6 is 15.9 Å². The lowest BCUT2D eigenvalue weighted by Gasteiger charge is -2.17. The van der Waals surface area contributed by atoms with Crippen molar-refractivity contribution in [2.45, 2.75) is 13.0 Å². The molecule has 0 bridgehead atoms. The largest absolute Gasteiger partial charge is 0.377 e. The maximum atomic E-state index is 13.0. The predicted octanol–water partition coefficient (Wildman–Crippen LogP) is 3.46. The van der Waals surface area contributed by atoms with Crippen molar-refractivity contribution in [1.82, 2.24) is 4.57 Å². The molecular weight excluding hydrogens is 311 g/mol. The van der Waals surface area contributed by atoms with Crippen LogP contribution in [0.25, 0.3) is 0 Å². The van der Waals surface area contributed by atoms with Gasteiger partial charge in [0, 0.05) is 29.8 Å². The van der Waals surface area contributed by atoms with Gasteiger partial charge in [-0.15, -0.1) is 0 Å². The van der Waals surface area contributed by atoms with E-state index in [1.165, 1.54) is 22.8 Å². The molecule has 1 atom stereocenters. The fourth-order valence-corrected chi connectivity index (χ4v) is 2.55. The van der Waals surface area contributed by atoms with E-state index in [4.69, 9.17) is 0 Å². The monoisotopic (exact) mass is 324 g/mol. The molecule has 1 heterocycles.